The van der Waals surface area contributed by atoms with Crippen LogP contribution in [0, 0.1) is 33.8 Å². The molecule has 1 unspecified atom stereocenters. The standard InChI is InChI=1S/C30H27.3ClH.Ti/c1-19-13-20(2)16-23(15-19)29(24-17-21(3)14-22(4)18-24)30-27-11-7-5-9-25(27)26-10-6-8-12-28(26)30;;;;/h5-11,13-18,29-30H,1-4H3;3*1H;/q-1;;;;+4/p-3. The normalized spacial score (nSPS) is 12.9. The van der Waals surface area contributed by atoms with Crippen LogP contribution < -0.4 is 37.2 Å². The van der Waals surface area contributed by atoms with Gasteiger partial charge in [-0.2, -0.15) is 24.3 Å². The average molecular weight is 542 g/mol. The minimum atomic E-state index is 0. The van der Waals surface area contributed by atoms with Crippen LogP contribution in [0.25, 0.3) is 11.1 Å². The first-order valence-corrected chi connectivity index (χ1v) is 10.8. The molecule has 0 heterocycles. The van der Waals surface area contributed by atoms with E-state index in [9.17, 15) is 0 Å². The molecular weight excluding hydrogens is 515 g/mol. The number of hydrogen-bond acceptors (Lipinski definition) is 0. The van der Waals surface area contributed by atoms with Crippen molar-refractivity contribution in [2.45, 2.75) is 39.5 Å². The van der Waals surface area contributed by atoms with E-state index in [1.807, 2.05) is 0 Å². The van der Waals surface area contributed by atoms with Crippen molar-refractivity contribution >= 4 is 0 Å². The molecule has 0 fully saturated rings. The number of halogens is 3. The molecular formula is C30H27Cl3Ti. The molecule has 0 amide bonds. The molecule has 5 rings (SSSR count). The summed E-state index contributed by atoms with van der Waals surface area (Å²) in [5.41, 5.74) is 13.5. The third-order valence-electron chi connectivity index (χ3n) is 6.32. The molecule has 0 bridgehead atoms. The molecule has 1 atom stereocenters. The molecule has 0 N–H and O–H groups in total. The van der Waals surface area contributed by atoms with Crippen LogP contribution >= 0.6 is 0 Å². The average Bonchev–Trinajstić information content (AvgIpc) is 3.02. The zero-order valence-electron chi connectivity index (χ0n) is 19.8. The first kappa shape index (κ1) is 30.5. The third-order valence-corrected chi connectivity index (χ3v) is 6.32. The van der Waals surface area contributed by atoms with Crippen LogP contribution in [0.3, 0.4) is 0 Å². The van der Waals surface area contributed by atoms with E-state index in [-0.39, 0.29) is 70.8 Å². The van der Waals surface area contributed by atoms with Crippen LogP contribution in [0.15, 0.2) is 78.9 Å². The van der Waals surface area contributed by atoms with Crippen molar-refractivity contribution in [1.29, 1.82) is 0 Å². The summed E-state index contributed by atoms with van der Waals surface area (Å²) >= 11 is 0. The molecule has 0 saturated carbocycles. The van der Waals surface area contributed by atoms with Gasteiger partial charge in [0.15, 0.2) is 0 Å². The SMILES string of the molecule is Cc1cc(C)cc(C(c2cc(C)cc(C)c2)C2c3[c-]cccc3-c3ccccc32)c1.[Cl-].[Cl-].[Cl-].[Ti+4]. The minimum absolute atomic E-state index is 0. The van der Waals surface area contributed by atoms with Gasteiger partial charge < -0.3 is 37.2 Å². The van der Waals surface area contributed by atoms with E-state index in [2.05, 4.69) is 113 Å². The van der Waals surface area contributed by atoms with E-state index in [1.54, 1.807) is 0 Å². The summed E-state index contributed by atoms with van der Waals surface area (Å²) in [5, 5.41) is 0. The van der Waals surface area contributed by atoms with Gasteiger partial charge in [0.25, 0.3) is 0 Å². The molecule has 1 aliphatic carbocycles. The van der Waals surface area contributed by atoms with Gasteiger partial charge in [0.1, 0.15) is 0 Å². The van der Waals surface area contributed by atoms with Crippen LogP contribution in [0.2, 0.25) is 0 Å². The van der Waals surface area contributed by atoms with Gasteiger partial charge in [0.05, 0.1) is 0 Å². The Hall–Kier alpha value is -1.54. The van der Waals surface area contributed by atoms with Gasteiger partial charge in [-0.3, -0.25) is 0 Å². The zero-order valence-corrected chi connectivity index (χ0v) is 23.6. The molecule has 0 radical (unpaired) electrons. The summed E-state index contributed by atoms with van der Waals surface area (Å²) in [6, 6.07) is 33.0. The van der Waals surface area contributed by atoms with Gasteiger partial charge >= 0.3 is 21.7 Å². The second-order valence-electron chi connectivity index (χ2n) is 8.88. The summed E-state index contributed by atoms with van der Waals surface area (Å²) in [6.07, 6.45) is 0. The van der Waals surface area contributed by atoms with Crippen molar-refractivity contribution in [3.63, 3.8) is 0 Å². The summed E-state index contributed by atoms with van der Waals surface area (Å²) < 4.78 is 0. The summed E-state index contributed by atoms with van der Waals surface area (Å²) in [4.78, 5) is 0. The van der Waals surface area contributed by atoms with Crippen LogP contribution in [-0.4, -0.2) is 0 Å². The first-order chi connectivity index (χ1) is 14.5. The number of benzene rings is 4. The van der Waals surface area contributed by atoms with Crippen molar-refractivity contribution in [2.24, 2.45) is 0 Å². The molecule has 1 aliphatic rings. The molecule has 0 nitrogen and oxygen atoms in total. The van der Waals surface area contributed by atoms with Crippen molar-refractivity contribution in [3.8, 4) is 11.1 Å². The maximum atomic E-state index is 3.62. The predicted molar refractivity (Wildman–Crippen MR) is 126 cm³/mol. The fourth-order valence-electron chi connectivity index (χ4n) is 5.41. The van der Waals surface area contributed by atoms with E-state index in [0.29, 0.717) is 0 Å². The number of rotatable bonds is 3. The molecule has 0 aromatic heterocycles. The van der Waals surface area contributed by atoms with E-state index >= 15 is 0 Å². The maximum absolute atomic E-state index is 3.62. The number of hydrogen-bond donors (Lipinski definition) is 0. The maximum Gasteiger partial charge on any atom is 4.00 e. The smallest absolute Gasteiger partial charge is 1.00 e. The van der Waals surface area contributed by atoms with E-state index in [0.717, 1.165) is 0 Å². The van der Waals surface area contributed by atoms with E-state index < -0.39 is 0 Å². The van der Waals surface area contributed by atoms with Gasteiger partial charge in [-0.25, -0.2) is 0 Å². The Labute approximate surface area is 237 Å². The van der Waals surface area contributed by atoms with Crippen molar-refractivity contribution in [2.75, 3.05) is 0 Å². The Balaban J connectivity index is 0.00000144. The third kappa shape index (κ3) is 5.64. The van der Waals surface area contributed by atoms with Crippen LogP contribution in [0.4, 0.5) is 0 Å². The van der Waals surface area contributed by atoms with Gasteiger partial charge in [0.2, 0.25) is 0 Å². The van der Waals surface area contributed by atoms with Crippen LogP contribution in [-0.2, 0) is 21.7 Å². The largest absolute Gasteiger partial charge is 4.00 e. The predicted octanol–water partition coefficient (Wildman–Crippen LogP) is -1.33. The quantitative estimate of drug-likeness (QED) is 0.223. The molecule has 0 saturated heterocycles. The Bertz CT molecular complexity index is 1130. The van der Waals surface area contributed by atoms with Gasteiger partial charge in [-0.1, -0.05) is 88.5 Å². The van der Waals surface area contributed by atoms with Crippen molar-refractivity contribution in [1.82, 2.24) is 0 Å². The summed E-state index contributed by atoms with van der Waals surface area (Å²) in [7, 11) is 0. The molecule has 4 heteroatoms. The van der Waals surface area contributed by atoms with Gasteiger partial charge in [-0.05, 0) is 50.3 Å². The fourth-order valence-corrected chi connectivity index (χ4v) is 5.41. The number of fused-ring (bicyclic) bond motifs is 3. The second-order valence-corrected chi connectivity index (χ2v) is 8.88. The molecule has 172 valence electrons. The molecule has 4 aromatic carbocycles. The molecule has 34 heavy (non-hydrogen) atoms. The summed E-state index contributed by atoms with van der Waals surface area (Å²) in [5.74, 6) is 0.517. The van der Waals surface area contributed by atoms with Crippen molar-refractivity contribution < 1.29 is 58.9 Å². The Kier molecular flexibility index (Phi) is 11.2. The van der Waals surface area contributed by atoms with Crippen LogP contribution in [0.1, 0.15) is 56.3 Å². The zero-order chi connectivity index (χ0) is 20.8. The molecule has 0 aliphatic heterocycles. The van der Waals surface area contributed by atoms with Gasteiger partial charge in [-0.15, -0.1) is 11.1 Å². The van der Waals surface area contributed by atoms with E-state index in [1.165, 1.54) is 55.6 Å². The van der Waals surface area contributed by atoms with Crippen LogP contribution in [0.5, 0.6) is 0 Å². The first-order valence-electron chi connectivity index (χ1n) is 10.8. The fraction of sp³-hybridized carbons (Fsp3) is 0.200. The minimum Gasteiger partial charge on any atom is -1.00 e. The number of aryl methyl sites for hydroxylation is 4. The van der Waals surface area contributed by atoms with E-state index in [4.69, 9.17) is 0 Å². The Morgan fingerprint density at radius 3 is 1.62 bits per heavy atom. The Morgan fingerprint density at radius 1 is 0.618 bits per heavy atom. The van der Waals surface area contributed by atoms with Gasteiger partial charge in [0, 0.05) is 5.92 Å². The second kappa shape index (κ2) is 12.4. The molecule has 4 aromatic rings. The molecule has 0 spiro atoms. The topological polar surface area (TPSA) is 0 Å². The van der Waals surface area contributed by atoms with Crippen molar-refractivity contribution in [3.05, 3.63) is 129 Å². The Morgan fingerprint density at radius 2 is 1.09 bits per heavy atom. The monoisotopic (exact) mass is 540 g/mol. The summed E-state index contributed by atoms with van der Waals surface area (Å²) in [6.45, 7) is 8.82.